The molecule has 1 rings (SSSR count). The largest absolute Gasteiger partial charge is 0.550 e. The standard InChI is InChI=1S/C17H24O4/c1-10(6-5-7-15(18)19)8-9-14-13(4)16(20)11(2)12(3)17(14)21/h6,20-21H,5,7-9H2,1-4H3,(H,18,19)/p-1/b10-6+. The molecular formula is C17H23O4-. The van der Waals surface area contributed by atoms with Gasteiger partial charge >= 0.3 is 0 Å². The van der Waals surface area contributed by atoms with Crippen LogP contribution in [-0.4, -0.2) is 16.2 Å². The summed E-state index contributed by atoms with van der Waals surface area (Å²) in [5.74, 6) is -0.573. The average molecular weight is 291 g/mol. The molecule has 2 N–H and O–H groups in total. The van der Waals surface area contributed by atoms with Crippen LogP contribution in [0.2, 0.25) is 0 Å². The smallest absolute Gasteiger partial charge is 0.122 e. The van der Waals surface area contributed by atoms with E-state index in [0.29, 0.717) is 36.0 Å². The Kier molecular flexibility index (Phi) is 5.82. The lowest BCUT2D eigenvalue weighted by molar-refractivity contribution is -0.305. The number of hydrogen-bond acceptors (Lipinski definition) is 4. The highest BCUT2D eigenvalue weighted by molar-refractivity contribution is 5.64. The van der Waals surface area contributed by atoms with Crippen LogP contribution in [0.5, 0.6) is 11.5 Å². The number of aliphatic carboxylic acids is 1. The van der Waals surface area contributed by atoms with Gasteiger partial charge in [0.05, 0.1) is 0 Å². The molecule has 0 amide bonds. The van der Waals surface area contributed by atoms with Crippen LogP contribution in [0, 0.1) is 20.8 Å². The number of phenolic OH excluding ortho intramolecular Hbond substituents is 2. The number of hydrogen-bond donors (Lipinski definition) is 2. The Bertz CT molecular complexity index is 542. The highest BCUT2D eigenvalue weighted by Crippen LogP contribution is 2.37. The quantitative estimate of drug-likeness (QED) is 0.623. The van der Waals surface area contributed by atoms with Crippen LogP contribution in [0.1, 0.15) is 48.4 Å². The van der Waals surface area contributed by atoms with Gasteiger partial charge in [-0.3, -0.25) is 0 Å². The number of phenols is 2. The van der Waals surface area contributed by atoms with Crippen LogP contribution in [-0.2, 0) is 11.2 Å². The molecule has 0 atom stereocenters. The molecule has 116 valence electrons. The average Bonchev–Trinajstić information content (AvgIpc) is 2.42. The zero-order valence-electron chi connectivity index (χ0n) is 13.1. The normalized spacial score (nSPS) is 11.7. The molecule has 0 radical (unpaired) electrons. The number of carbonyl (C=O) groups is 1. The number of carboxylic acid groups (broad SMARTS) is 1. The summed E-state index contributed by atoms with van der Waals surface area (Å²) in [6.07, 6.45) is 3.68. The molecule has 0 aromatic heterocycles. The summed E-state index contributed by atoms with van der Waals surface area (Å²) in [5.41, 5.74) is 3.93. The van der Waals surface area contributed by atoms with Crippen molar-refractivity contribution in [2.75, 3.05) is 0 Å². The Morgan fingerprint density at radius 2 is 1.62 bits per heavy atom. The second kappa shape index (κ2) is 7.16. The van der Waals surface area contributed by atoms with Gasteiger partial charge in [0.15, 0.2) is 0 Å². The first-order valence-corrected chi connectivity index (χ1v) is 7.11. The van der Waals surface area contributed by atoms with Crippen LogP contribution in [0.3, 0.4) is 0 Å². The van der Waals surface area contributed by atoms with Gasteiger partial charge < -0.3 is 20.1 Å². The summed E-state index contributed by atoms with van der Waals surface area (Å²) in [5, 5.41) is 30.6. The van der Waals surface area contributed by atoms with E-state index >= 15 is 0 Å². The second-order valence-electron chi connectivity index (χ2n) is 5.51. The molecule has 0 aliphatic rings. The van der Waals surface area contributed by atoms with Gasteiger partial charge in [0, 0.05) is 11.5 Å². The van der Waals surface area contributed by atoms with E-state index in [4.69, 9.17) is 0 Å². The van der Waals surface area contributed by atoms with Crippen LogP contribution < -0.4 is 5.11 Å². The summed E-state index contributed by atoms with van der Waals surface area (Å²) < 4.78 is 0. The van der Waals surface area contributed by atoms with Gasteiger partial charge in [-0.05, 0) is 70.1 Å². The lowest BCUT2D eigenvalue weighted by Gasteiger charge is -2.16. The van der Waals surface area contributed by atoms with Crippen molar-refractivity contribution in [3.63, 3.8) is 0 Å². The summed E-state index contributed by atoms with van der Waals surface area (Å²) >= 11 is 0. The second-order valence-corrected chi connectivity index (χ2v) is 5.51. The number of allylic oxidation sites excluding steroid dienone is 2. The minimum Gasteiger partial charge on any atom is -0.550 e. The van der Waals surface area contributed by atoms with Crippen molar-refractivity contribution in [2.45, 2.75) is 53.4 Å². The fraction of sp³-hybridized carbons (Fsp3) is 0.471. The van der Waals surface area contributed by atoms with Gasteiger partial charge in [0.2, 0.25) is 0 Å². The fourth-order valence-electron chi connectivity index (χ4n) is 2.35. The molecular weight excluding hydrogens is 268 g/mol. The first-order valence-electron chi connectivity index (χ1n) is 7.11. The minimum absolute atomic E-state index is 0.0199. The first kappa shape index (κ1) is 17.1. The molecule has 4 heteroatoms. The lowest BCUT2D eigenvalue weighted by Crippen LogP contribution is -2.21. The van der Waals surface area contributed by atoms with E-state index in [-0.39, 0.29) is 17.9 Å². The van der Waals surface area contributed by atoms with Crippen molar-refractivity contribution in [3.8, 4) is 11.5 Å². The Morgan fingerprint density at radius 1 is 1.05 bits per heavy atom. The summed E-state index contributed by atoms with van der Waals surface area (Å²) in [6, 6.07) is 0. The van der Waals surface area contributed by atoms with Gasteiger partial charge in [-0.1, -0.05) is 11.6 Å². The van der Waals surface area contributed by atoms with E-state index in [9.17, 15) is 20.1 Å². The third-order valence-corrected chi connectivity index (χ3v) is 3.98. The highest BCUT2D eigenvalue weighted by Gasteiger charge is 2.15. The third-order valence-electron chi connectivity index (χ3n) is 3.98. The molecule has 0 unspecified atom stereocenters. The summed E-state index contributed by atoms with van der Waals surface area (Å²) in [4.78, 5) is 10.4. The molecule has 21 heavy (non-hydrogen) atoms. The summed E-state index contributed by atoms with van der Waals surface area (Å²) in [7, 11) is 0. The van der Waals surface area contributed by atoms with Crippen LogP contribution >= 0.6 is 0 Å². The number of aromatic hydroxyl groups is 2. The molecule has 0 fully saturated rings. The molecule has 0 aliphatic carbocycles. The zero-order valence-corrected chi connectivity index (χ0v) is 13.1. The third kappa shape index (κ3) is 4.25. The zero-order chi connectivity index (χ0) is 16.2. The monoisotopic (exact) mass is 291 g/mol. The highest BCUT2D eigenvalue weighted by atomic mass is 16.4. The van der Waals surface area contributed by atoms with Crippen LogP contribution in [0.4, 0.5) is 0 Å². The maximum Gasteiger partial charge on any atom is 0.122 e. The molecule has 0 bridgehead atoms. The van der Waals surface area contributed by atoms with E-state index in [0.717, 1.165) is 11.1 Å². The van der Waals surface area contributed by atoms with Gasteiger partial charge in [-0.25, -0.2) is 0 Å². The Balaban J connectivity index is 2.83. The maximum absolute atomic E-state index is 10.4. The van der Waals surface area contributed by atoms with Gasteiger partial charge in [0.1, 0.15) is 11.5 Å². The predicted molar refractivity (Wildman–Crippen MR) is 80.3 cm³/mol. The molecule has 0 heterocycles. The number of rotatable bonds is 6. The number of benzene rings is 1. The molecule has 0 aliphatic heterocycles. The minimum atomic E-state index is -1.05. The van der Waals surface area contributed by atoms with Crippen molar-refractivity contribution >= 4 is 5.97 Å². The molecule has 1 aromatic rings. The topological polar surface area (TPSA) is 80.6 Å². The SMILES string of the molecule is C/C(=C\CCC(=O)[O-])CCc1c(C)c(O)c(C)c(C)c1O. The fourth-order valence-corrected chi connectivity index (χ4v) is 2.35. The van der Waals surface area contributed by atoms with Crippen molar-refractivity contribution in [1.82, 2.24) is 0 Å². The molecule has 1 aromatic carbocycles. The van der Waals surface area contributed by atoms with E-state index in [1.54, 1.807) is 20.8 Å². The van der Waals surface area contributed by atoms with E-state index in [1.165, 1.54) is 0 Å². The Morgan fingerprint density at radius 3 is 2.19 bits per heavy atom. The number of carboxylic acids is 1. The van der Waals surface area contributed by atoms with E-state index in [2.05, 4.69) is 0 Å². The molecule has 4 nitrogen and oxygen atoms in total. The molecule has 0 saturated carbocycles. The maximum atomic E-state index is 10.4. The Hall–Kier alpha value is -1.97. The van der Waals surface area contributed by atoms with Crippen LogP contribution in [0.25, 0.3) is 0 Å². The van der Waals surface area contributed by atoms with E-state index < -0.39 is 5.97 Å². The molecule has 0 spiro atoms. The van der Waals surface area contributed by atoms with Crippen molar-refractivity contribution in [2.24, 2.45) is 0 Å². The van der Waals surface area contributed by atoms with Gasteiger partial charge in [-0.15, -0.1) is 0 Å². The van der Waals surface area contributed by atoms with Gasteiger partial charge in [0.25, 0.3) is 0 Å². The van der Waals surface area contributed by atoms with Crippen molar-refractivity contribution in [3.05, 3.63) is 33.9 Å². The summed E-state index contributed by atoms with van der Waals surface area (Å²) in [6.45, 7) is 7.30. The van der Waals surface area contributed by atoms with Crippen molar-refractivity contribution in [1.29, 1.82) is 0 Å². The molecule has 0 saturated heterocycles. The van der Waals surface area contributed by atoms with E-state index in [1.807, 2.05) is 13.0 Å². The van der Waals surface area contributed by atoms with Crippen molar-refractivity contribution < 1.29 is 20.1 Å². The number of carbonyl (C=O) groups excluding carboxylic acids is 1. The van der Waals surface area contributed by atoms with Crippen LogP contribution in [0.15, 0.2) is 11.6 Å². The Labute approximate surface area is 125 Å². The predicted octanol–water partition coefficient (Wildman–Crippen LogP) is 2.43. The van der Waals surface area contributed by atoms with Gasteiger partial charge in [-0.2, -0.15) is 0 Å². The first-order chi connectivity index (χ1) is 9.75. The lowest BCUT2D eigenvalue weighted by atomic mass is 9.93.